The van der Waals surface area contributed by atoms with Gasteiger partial charge in [-0.2, -0.15) is 0 Å². The molecule has 0 unspecified atom stereocenters. The first kappa shape index (κ1) is 15.8. The molecule has 1 aliphatic rings. The van der Waals surface area contributed by atoms with Crippen LogP contribution in [0.25, 0.3) is 0 Å². The van der Waals surface area contributed by atoms with E-state index in [9.17, 15) is 4.79 Å². The maximum Gasteiger partial charge on any atom is 0.338 e. The highest BCUT2D eigenvalue weighted by atomic mass is 16.5. The fraction of sp³-hybridized carbons (Fsp3) is 0.588. The molecule has 1 saturated carbocycles. The van der Waals surface area contributed by atoms with Crippen molar-refractivity contribution in [3.63, 3.8) is 0 Å². The van der Waals surface area contributed by atoms with Crippen LogP contribution in [0.3, 0.4) is 0 Å². The Kier molecular flexibility index (Phi) is 5.62. The molecule has 3 N–H and O–H groups in total. The number of esters is 1. The van der Waals surface area contributed by atoms with E-state index in [0.717, 1.165) is 0 Å². The minimum absolute atomic E-state index is 0.136. The number of carbonyl (C=O) groups is 1. The Morgan fingerprint density at radius 2 is 1.86 bits per heavy atom. The van der Waals surface area contributed by atoms with Gasteiger partial charge in [-0.15, -0.1) is 0 Å². The van der Waals surface area contributed by atoms with Crippen LogP contribution in [-0.2, 0) is 4.74 Å². The van der Waals surface area contributed by atoms with Gasteiger partial charge in [0.15, 0.2) is 0 Å². The van der Waals surface area contributed by atoms with Gasteiger partial charge < -0.3 is 15.8 Å². The average molecular weight is 290 g/mol. The number of nitrogens with one attached hydrogen (secondary N) is 1. The molecule has 0 heterocycles. The van der Waals surface area contributed by atoms with Crippen LogP contribution in [0.4, 0.5) is 5.69 Å². The Labute approximate surface area is 127 Å². The predicted molar refractivity (Wildman–Crippen MR) is 85.2 cm³/mol. The molecule has 0 spiro atoms. The Hall–Kier alpha value is -1.55. The first-order valence-electron chi connectivity index (χ1n) is 7.85. The van der Waals surface area contributed by atoms with Gasteiger partial charge in [-0.05, 0) is 57.0 Å². The van der Waals surface area contributed by atoms with Crippen LogP contribution >= 0.6 is 0 Å². The summed E-state index contributed by atoms with van der Waals surface area (Å²) in [6.07, 6.45) is 6.18. The highest BCUT2D eigenvalue weighted by Gasteiger charge is 2.29. The van der Waals surface area contributed by atoms with Crippen molar-refractivity contribution in [1.29, 1.82) is 0 Å². The Morgan fingerprint density at radius 1 is 1.24 bits per heavy atom. The monoisotopic (exact) mass is 290 g/mol. The normalized spacial score (nSPS) is 19.0. The molecular formula is C17H26N2O2. The van der Waals surface area contributed by atoms with Gasteiger partial charge in [0.25, 0.3) is 0 Å². The lowest BCUT2D eigenvalue weighted by molar-refractivity contribution is 0.0170. The summed E-state index contributed by atoms with van der Waals surface area (Å²) in [5, 5.41) is 3.34. The maximum atomic E-state index is 12.2. The SMILES string of the molecule is CN[C@@H](C1CCCCC1)[C@H](C)OC(=O)c1ccc(N)cc1. The van der Waals surface area contributed by atoms with Crippen molar-refractivity contribution >= 4 is 11.7 Å². The Bertz CT molecular complexity index is 452. The van der Waals surface area contributed by atoms with Crippen LogP contribution in [-0.4, -0.2) is 25.2 Å². The number of ether oxygens (including phenoxy) is 1. The van der Waals surface area contributed by atoms with E-state index in [2.05, 4.69) is 5.32 Å². The molecule has 0 aliphatic heterocycles. The summed E-state index contributed by atoms with van der Waals surface area (Å²) < 4.78 is 5.64. The molecule has 1 aromatic rings. The largest absolute Gasteiger partial charge is 0.457 e. The maximum absolute atomic E-state index is 12.2. The lowest BCUT2D eigenvalue weighted by Crippen LogP contribution is -2.45. The first-order valence-corrected chi connectivity index (χ1v) is 7.85. The minimum Gasteiger partial charge on any atom is -0.457 e. The van der Waals surface area contributed by atoms with Crippen molar-refractivity contribution in [1.82, 2.24) is 5.32 Å². The molecule has 2 atom stereocenters. The molecule has 116 valence electrons. The van der Waals surface area contributed by atoms with Gasteiger partial charge in [0.2, 0.25) is 0 Å². The van der Waals surface area contributed by atoms with Gasteiger partial charge in [0, 0.05) is 11.7 Å². The van der Waals surface area contributed by atoms with Crippen molar-refractivity contribution in [2.45, 2.75) is 51.2 Å². The molecule has 0 aromatic heterocycles. The van der Waals surface area contributed by atoms with E-state index in [-0.39, 0.29) is 18.1 Å². The van der Waals surface area contributed by atoms with Crippen molar-refractivity contribution < 1.29 is 9.53 Å². The van der Waals surface area contributed by atoms with Gasteiger partial charge in [-0.1, -0.05) is 19.3 Å². The number of anilines is 1. The third kappa shape index (κ3) is 4.21. The van der Waals surface area contributed by atoms with E-state index < -0.39 is 0 Å². The molecule has 1 aliphatic carbocycles. The van der Waals surface area contributed by atoms with E-state index in [0.29, 0.717) is 17.2 Å². The molecular weight excluding hydrogens is 264 g/mol. The second-order valence-corrected chi connectivity index (χ2v) is 5.94. The number of nitrogens with two attached hydrogens (primary N) is 1. The molecule has 4 heteroatoms. The van der Waals surface area contributed by atoms with E-state index in [1.54, 1.807) is 24.3 Å². The number of benzene rings is 1. The average Bonchev–Trinajstić information content (AvgIpc) is 2.49. The summed E-state index contributed by atoms with van der Waals surface area (Å²) in [5.74, 6) is 0.316. The minimum atomic E-state index is -0.279. The quantitative estimate of drug-likeness (QED) is 0.646. The summed E-state index contributed by atoms with van der Waals surface area (Å²) >= 11 is 0. The lowest BCUT2D eigenvalue weighted by atomic mass is 9.82. The Balaban J connectivity index is 1.96. The highest BCUT2D eigenvalue weighted by molar-refractivity contribution is 5.89. The zero-order valence-electron chi connectivity index (χ0n) is 13.0. The van der Waals surface area contributed by atoms with Crippen LogP contribution in [0.2, 0.25) is 0 Å². The van der Waals surface area contributed by atoms with Crippen LogP contribution in [0, 0.1) is 5.92 Å². The summed E-state index contributed by atoms with van der Waals surface area (Å²) in [7, 11) is 1.95. The number of hydrogen-bond donors (Lipinski definition) is 2. The highest BCUT2D eigenvalue weighted by Crippen LogP contribution is 2.28. The van der Waals surface area contributed by atoms with Crippen molar-refractivity contribution in [2.75, 3.05) is 12.8 Å². The molecule has 0 radical (unpaired) electrons. The van der Waals surface area contributed by atoms with E-state index in [1.807, 2.05) is 14.0 Å². The number of carbonyl (C=O) groups excluding carboxylic acids is 1. The summed E-state index contributed by atoms with van der Waals surface area (Å²) in [4.78, 5) is 12.2. The fourth-order valence-corrected chi connectivity index (χ4v) is 3.28. The van der Waals surface area contributed by atoms with Crippen LogP contribution in [0.1, 0.15) is 49.4 Å². The molecule has 0 saturated heterocycles. The Morgan fingerprint density at radius 3 is 2.43 bits per heavy atom. The van der Waals surface area contributed by atoms with Crippen LogP contribution < -0.4 is 11.1 Å². The van der Waals surface area contributed by atoms with E-state index >= 15 is 0 Å². The van der Waals surface area contributed by atoms with E-state index in [1.165, 1.54) is 32.1 Å². The van der Waals surface area contributed by atoms with Crippen LogP contribution in [0.15, 0.2) is 24.3 Å². The van der Waals surface area contributed by atoms with Crippen molar-refractivity contribution in [3.05, 3.63) is 29.8 Å². The summed E-state index contributed by atoms with van der Waals surface area (Å²) in [5.41, 5.74) is 6.83. The second kappa shape index (κ2) is 7.46. The molecule has 0 amide bonds. The smallest absolute Gasteiger partial charge is 0.338 e. The lowest BCUT2D eigenvalue weighted by Gasteiger charge is -2.33. The van der Waals surface area contributed by atoms with Crippen molar-refractivity contribution in [3.8, 4) is 0 Å². The number of nitrogen functional groups attached to an aromatic ring is 1. The third-order valence-electron chi connectivity index (χ3n) is 4.44. The van der Waals surface area contributed by atoms with Gasteiger partial charge in [0.05, 0.1) is 5.56 Å². The standard InChI is InChI=1S/C17H26N2O2/c1-12(16(19-2)13-6-4-3-5-7-13)21-17(20)14-8-10-15(18)11-9-14/h8-13,16,19H,3-7,18H2,1-2H3/t12-,16+/m0/s1. The third-order valence-corrected chi connectivity index (χ3v) is 4.44. The zero-order valence-corrected chi connectivity index (χ0v) is 13.0. The van der Waals surface area contributed by atoms with Gasteiger partial charge in [-0.25, -0.2) is 4.79 Å². The zero-order chi connectivity index (χ0) is 15.2. The molecule has 21 heavy (non-hydrogen) atoms. The van der Waals surface area contributed by atoms with Gasteiger partial charge >= 0.3 is 5.97 Å². The number of rotatable bonds is 5. The molecule has 4 nitrogen and oxygen atoms in total. The number of likely N-dealkylation sites (N-methyl/N-ethyl adjacent to an activating group) is 1. The van der Waals surface area contributed by atoms with Crippen molar-refractivity contribution in [2.24, 2.45) is 5.92 Å². The molecule has 1 fully saturated rings. The molecule has 1 aromatic carbocycles. The molecule has 0 bridgehead atoms. The second-order valence-electron chi connectivity index (χ2n) is 5.94. The van der Waals surface area contributed by atoms with Crippen LogP contribution in [0.5, 0.6) is 0 Å². The topological polar surface area (TPSA) is 64.3 Å². The fourth-order valence-electron chi connectivity index (χ4n) is 3.28. The molecule has 2 rings (SSSR count). The summed E-state index contributed by atoms with van der Waals surface area (Å²) in [6.45, 7) is 1.98. The van der Waals surface area contributed by atoms with Gasteiger partial charge in [-0.3, -0.25) is 0 Å². The predicted octanol–water partition coefficient (Wildman–Crippen LogP) is 2.98. The first-order chi connectivity index (χ1) is 10.1. The summed E-state index contributed by atoms with van der Waals surface area (Å²) in [6, 6.07) is 7.08. The number of hydrogen-bond acceptors (Lipinski definition) is 4. The van der Waals surface area contributed by atoms with E-state index in [4.69, 9.17) is 10.5 Å². The van der Waals surface area contributed by atoms with Gasteiger partial charge in [0.1, 0.15) is 6.10 Å².